The highest BCUT2D eigenvalue weighted by Crippen LogP contribution is 2.17. The standard InChI is InChI=1S/C14H19IN2O.ClH/c1-9-4-3-5-12(13(9)15)14(18)17-11-6-7-16-10(2)8-11;/h3-5,10-11,16H,6-8H2,1-2H3,(H,17,18);1H. The van der Waals surface area contributed by atoms with Crippen molar-refractivity contribution >= 4 is 40.9 Å². The van der Waals surface area contributed by atoms with Crippen LogP contribution in [0.5, 0.6) is 0 Å². The van der Waals surface area contributed by atoms with Crippen molar-refractivity contribution in [2.24, 2.45) is 0 Å². The lowest BCUT2D eigenvalue weighted by Gasteiger charge is -2.28. The minimum Gasteiger partial charge on any atom is -0.349 e. The molecule has 106 valence electrons. The molecule has 2 atom stereocenters. The molecule has 2 rings (SSSR count). The van der Waals surface area contributed by atoms with Crippen molar-refractivity contribution in [3.05, 3.63) is 32.9 Å². The van der Waals surface area contributed by atoms with Crippen molar-refractivity contribution in [3.63, 3.8) is 0 Å². The Balaban J connectivity index is 0.00000180. The van der Waals surface area contributed by atoms with Crippen LogP contribution in [0.1, 0.15) is 35.7 Å². The first-order valence-corrected chi connectivity index (χ1v) is 7.45. The molecule has 1 aliphatic heterocycles. The largest absolute Gasteiger partial charge is 0.349 e. The summed E-state index contributed by atoms with van der Waals surface area (Å²) < 4.78 is 1.05. The molecular formula is C14H20ClIN2O. The fourth-order valence-corrected chi connectivity index (χ4v) is 2.95. The second-order valence-electron chi connectivity index (χ2n) is 4.99. The molecule has 0 aromatic heterocycles. The van der Waals surface area contributed by atoms with Crippen LogP contribution < -0.4 is 10.6 Å². The Morgan fingerprint density at radius 1 is 1.47 bits per heavy atom. The van der Waals surface area contributed by atoms with E-state index in [-0.39, 0.29) is 18.3 Å². The van der Waals surface area contributed by atoms with Gasteiger partial charge in [-0.2, -0.15) is 0 Å². The predicted octanol–water partition coefficient (Wildman–Crippen LogP) is 2.89. The summed E-state index contributed by atoms with van der Waals surface area (Å²) in [6.07, 6.45) is 2.02. The first-order chi connectivity index (χ1) is 8.58. The van der Waals surface area contributed by atoms with Crippen LogP contribution in [0.15, 0.2) is 18.2 Å². The molecule has 1 aliphatic rings. The van der Waals surface area contributed by atoms with Crippen LogP contribution in [0.3, 0.4) is 0 Å². The molecule has 1 amide bonds. The number of nitrogens with one attached hydrogen (secondary N) is 2. The minimum atomic E-state index is 0. The summed E-state index contributed by atoms with van der Waals surface area (Å²) in [5.74, 6) is 0.0576. The van der Waals surface area contributed by atoms with Gasteiger partial charge in [-0.05, 0) is 67.5 Å². The normalized spacial score (nSPS) is 22.5. The molecule has 1 aromatic carbocycles. The van der Waals surface area contributed by atoms with Crippen molar-refractivity contribution in [1.82, 2.24) is 10.6 Å². The highest BCUT2D eigenvalue weighted by atomic mass is 127. The maximum absolute atomic E-state index is 12.3. The van der Waals surface area contributed by atoms with Crippen LogP contribution in [0.25, 0.3) is 0 Å². The van der Waals surface area contributed by atoms with Crippen molar-refractivity contribution in [3.8, 4) is 0 Å². The van der Waals surface area contributed by atoms with Gasteiger partial charge in [0, 0.05) is 15.7 Å². The van der Waals surface area contributed by atoms with Crippen LogP contribution in [0, 0.1) is 10.5 Å². The van der Waals surface area contributed by atoms with Gasteiger partial charge >= 0.3 is 0 Å². The number of carbonyl (C=O) groups is 1. The molecule has 3 nitrogen and oxygen atoms in total. The highest BCUT2D eigenvalue weighted by molar-refractivity contribution is 14.1. The molecule has 2 N–H and O–H groups in total. The molecule has 1 heterocycles. The number of hydrogen-bond donors (Lipinski definition) is 2. The van der Waals surface area contributed by atoms with Crippen LogP contribution in [-0.4, -0.2) is 24.5 Å². The van der Waals surface area contributed by atoms with Gasteiger partial charge in [0.05, 0.1) is 5.56 Å². The lowest BCUT2D eigenvalue weighted by atomic mass is 10.00. The Morgan fingerprint density at radius 3 is 2.89 bits per heavy atom. The van der Waals surface area contributed by atoms with Crippen molar-refractivity contribution in [2.45, 2.75) is 38.8 Å². The Morgan fingerprint density at radius 2 is 2.21 bits per heavy atom. The first kappa shape index (κ1) is 16.7. The van der Waals surface area contributed by atoms with E-state index in [0.29, 0.717) is 12.1 Å². The number of rotatable bonds is 2. The first-order valence-electron chi connectivity index (χ1n) is 6.37. The Bertz CT molecular complexity index is 453. The van der Waals surface area contributed by atoms with Crippen molar-refractivity contribution in [1.29, 1.82) is 0 Å². The molecule has 0 saturated carbocycles. The van der Waals surface area contributed by atoms with Gasteiger partial charge in [0.1, 0.15) is 0 Å². The minimum absolute atomic E-state index is 0. The molecule has 2 unspecified atom stereocenters. The summed E-state index contributed by atoms with van der Waals surface area (Å²) in [6.45, 7) is 5.18. The zero-order valence-corrected chi connectivity index (χ0v) is 14.2. The third-order valence-corrected chi connectivity index (χ3v) is 4.83. The third kappa shape index (κ3) is 4.33. The Labute approximate surface area is 134 Å². The Kier molecular flexibility index (Phi) is 6.56. The molecule has 1 aromatic rings. The van der Waals surface area contributed by atoms with E-state index in [4.69, 9.17) is 0 Å². The van der Waals surface area contributed by atoms with E-state index in [1.807, 2.05) is 25.1 Å². The molecule has 1 fully saturated rings. The van der Waals surface area contributed by atoms with Gasteiger partial charge in [-0.1, -0.05) is 12.1 Å². The van der Waals surface area contributed by atoms with Crippen LogP contribution >= 0.6 is 35.0 Å². The molecule has 19 heavy (non-hydrogen) atoms. The highest BCUT2D eigenvalue weighted by Gasteiger charge is 2.21. The maximum atomic E-state index is 12.3. The molecule has 0 spiro atoms. The van der Waals surface area contributed by atoms with E-state index in [1.54, 1.807) is 0 Å². The molecular weight excluding hydrogens is 375 g/mol. The van der Waals surface area contributed by atoms with E-state index in [9.17, 15) is 4.79 Å². The second-order valence-corrected chi connectivity index (χ2v) is 6.07. The number of benzene rings is 1. The number of carbonyl (C=O) groups excluding carboxylic acids is 1. The number of amides is 1. The monoisotopic (exact) mass is 394 g/mol. The number of halogens is 2. The molecule has 0 radical (unpaired) electrons. The SMILES string of the molecule is Cc1cccc(C(=O)NC2CCNC(C)C2)c1I.Cl. The fraction of sp³-hybridized carbons (Fsp3) is 0.500. The fourth-order valence-electron chi connectivity index (χ4n) is 2.35. The van der Waals surface area contributed by atoms with Crippen LogP contribution in [0.2, 0.25) is 0 Å². The predicted molar refractivity (Wildman–Crippen MR) is 89.1 cm³/mol. The van der Waals surface area contributed by atoms with Gasteiger partial charge in [-0.3, -0.25) is 4.79 Å². The lowest BCUT2D eigenvalue weighted by Crippen LogP contribution is -2.46. The second kappa shape index (κ2) is 7.45. The number of hydrogen-bond acceptors (Lipinski definition) is 2. The summed E-state index contributed by atoms with van der Waals surface area (Å²) in [7, 11) is 0. The molecule has 0 bridgehead atoms. The van der Waals surface area contributed by atoms with E-state index < -0.39 is 0 Å². The zero-order valence-electron chi connectivity index (χ0n) is 11.2. The van der Waals surface area contributed by atoms with E-state index in [1.165, 1.54) is 0 Å². The summed E-state index contributed by atoms with van der Waals surface area (Å²) in [5, 5.41) is 6.54. The van der Waals surface area contributed by atoms with Crippen molar-refractivity contribution in [2.75, 3.05) is 6.54 Å². The molecule has 1 saturated heterocycles. The van der Waals surface area contributed by atoms with Crippen molar-refractivity contribution < 1.29 is 4.79 Å². The van der Waals surface area contributed by atoms with Gasteiger partial charge in [0.25, 0.3) is 5.91 Å². The zero-order chi connectivity index (χ0) is 13.1. The summed E-state index contributed by atoms with van der Waals surface area (Å²) >= 11 is 2.25. The maximum Gasteiger partial charge on any atom is 0.252 e. The Hall–Kier alpha value is -0.330. The average Bonchev–Trinajstić information content (AvgIpc) is 2.32. The van der Waals surface area contributed by atoms with E-state index in [0.717, 1.165) is 34.1 Å². The smallest absolute Gasteiger partial charge is 0.252 e. The summed E-state index contributed by atoms with van der Waals surface area (Å²) in [6, 6.07) is 6.66. The number of piperidine rings is 1. The molecule has 0 aliphatic carbocycles. The summed E-state index contributed by atoms with van der Waals surface area (Å²) in [5.41, 5.74) is 1.95. The molecule has 5 heteroatoms. The topological polar surface area (TPSA) is 41.1 Å². The van der Waals surface area contributed by atoms with E-state index >= 15 is 0 Å². The van der Waals surface area contributed by atoms with Gasteiger partial charge in [0.15, 0.2) is 0 Å². The van der Waals surface area contributed by atoms with E-state index in [2.05, 4.69) is 40.1 Å². The van der Waals surface area contributed by atoms with Gasteiger partial charge in [-0.15, -0.1) is 12.4 Å². The van der Waals surface area contributed by atoms with Gasteiger partial charge in [0.2, 0.25) is 0 Å². The number of aryl methyl sites for hydroxylation is 1. The van der Waals surface area contributed by atoms with Gasteiger partial charge < -0.3 is 10.6 Å². The average molecular weight is 395 g/mol. The quantitative estimate of drug-likeness (QED) is 0.757. The van der Waals surface area contributed by atoms with Gasteiger partial charge in [-0.25, -0.2) is 0 Å². The lowest BCUT2D eigenvalue weighted by molar-refractivity contribution is 0.0924. The third-order valence-electron chi connectivity index (χ3n) is 3.40. The van der Waals surface area contributed by atoms with Crippen LogP contribution in [0.4, 0.5) is 0 Å². The summed E-state index contributed by atoms with van der Waals surface area (Å²) in [4.78, 5) is 12.3. The van der Waals surface area contributed by atoms with Crippen LogP contribution in [-0.2, 0) is 0 Å².